The number of carbonyl (C=O) groups excluding carboxylic acids is 4. The Morgan fingerprint density at radius 2 is 0.475 bits per heavy atom. The third-order valence-electron chi connectivity index (χ3n) is 18.7. The van der Waals surface area contributed by atoms with Crippen LogP contribution in [0.25, 0.3) is 0 Å². The van der Waals surface area contributed by atoms with Gasteiger partial charge in [0.25, 0.3) is 0 Å². The van der Waals surface area contributed by atoms with Gasteiger partial charge in [0.15, 0.2) is 12.2 Å². The number of aliphatic hydroxyl groups is 1. The lowest BCUT2D eigenvalue weighted by molar-refractivity contribution is -0.161. The molecule has 17 nitrogen and oxygen atoms in total. The van der Waals surface area contributed by atoms with Crippen LogP contribution in [0, 0.1) is 0 Å². The van der Waals surface area contributed by atoms with E-state index in [1.54, 1.807) is 0 Å². The predicted molar refractivity (Wildman–Crippen MR) is 414 cm³/mol. The molecule has 0 heterocycles. The number of allylic oxidation sites excluding steroid dienone is 4. The van der Waals surface area contributed by atoms with E-state index in [2.05, 4.69) is 52.0 Å². The smallest absolute Gasteiger partial charge is 0.462 e. The molecule has 0 rings (SSSR count). The van der Waals surface area contributed by atoms with E-state index in [4.69, 9.17) is 37.0 Å². The van der Waals surface area contributed by atoms with Crippen LogP contribution in [-0.2, 0) is 65.4 Å². The Morgan fingerprint density at radius 1 is 0.277 bits per heavy atom. The Kier molecular flexibility index (Phi) is 73.9. The third-order valence-corrected chi connectivity index (χ3v) is 20.6. The second-order valence-electron chi connectivity index (χ2n) is 28.8. The molecule has 3 N–H and O–H groups in total. The minimum absolute atomic E-state index is 0.0847. The summed E-state index contributed by atoms with van der Waals surface area (Å²) in [5, 5.41) is 10.6. The molecule has 596 valence electrons. The molecule has 0 fully saturated rings. The van der Waals surface area contributed by atoms with Crippen molar-refractivity contribution >= 4 is 39.5 Å². The van der Waals surface area contributed by atoms with Crippen LogP contribution in [0.3, 0.4) is 0 Å². The standard InChI is InChI=1S/C82H156O17P2/c1-5-9-13-17-20-23-26-29-32-34-36-38-40-42-45-48-51-54-57-61-65-69-82(87)99-78(73-93-80(85)67-63-59-55-52-49-46-44-41-39-37-35-33-30-27-24-21-18-14-10-6-2)75-97-101(90,91)95-71-76(83)70-94-100(88,89)96-74-77(72-92-79(84)66-62-58-16-12-8-4)98-81(86)68-64-60-56-53-50-47-43-31-28-25-22-19-15-11-7-3/h25,28,31,43,76-78,83H,5-24,26-27,29-30,32-42,44-75H2,1-4H3,(H,88,89)(H,90,91)/b28-25-,43-31-/t76-,77+,78+/m0/s1. The molecule has 0 aromatic carbocycles. The first-order chi connectivity index (χ1) is 49.2. The van der Waals surface area contributed by atoms with Crippen molar-refractivity contribution in [2.75, 3.05) is 39.6 Å². The lowest BCUT2D eigenvalue weighted by atomic mass is 10.0. The highest BCUT2D eigenvalue weighted by molar-refractivity contribution is 7.47. The summed E-state index contributed by atoms with van der Waals surface area (Å²) in [6.45, 7) is 4.86. The van der Waals surface area contributed by atoms with Gasteiger partial charge in [0.05, 0.1) is 26.4 Å². The summed E-state index contributed by atoms with van der Waals surface area (Å²) in [4.78, 5) is 72.7. The quantitative estimate of drug-likeness (QED) is 0.0169. The number of phosphoric acid groups is 2. The molecule has 0 aromatic rings. The molecule has 0 aromatic heterocycles. The highest BCUT2D eigenvalue weighted by atomic mass is 31.2. The number of phosphoric ester groups is 2. The zero-order chi connectivity index (χ0) is 73.9. The van der Waals surface area contributed by atoms with Gasteiger partial charge in [-0.15, -0.1) is 0 Å². The summed E-state index contributed by atoms with van der Waals surface area (Å²) in [6.07, 6.45) is 72.2. The fraction of sp³-hybridized carbons (Fsp3) is 0.902. The number of unbranched alkanes of at least 4 members (excludes halogenated alkanes) is 52. The van der Waals surface area contributed by atoms with Gasteiger partial charge in [0.2, 0.25) is 0 Å². The molecule has 19 heteroatoms. The van der Waals surface area contributed by atoms with Gasteiger partial charge in [0.1, 0.15) is 19.3 Å². The fourth-order valence-electron chi connectivity index (χ4n) is 12.3. The molecule has 0 aliphatic heterocycles. The van der Waals surface area contributed by atoms with E-state index < -0.39 is 97.5 Å². The number of rotatable bonds is 81. The maximum absolute atomic E-state index is 13.1. The van der Waals surface area contributed by atoms with Crippen molar-refractivity contribution in [1.82, 2.24) is 0 Å². The zero-order valence-electron chi connectivity index (χ0n) is 65.4. The van der Waals surface area contributed by atoms with Crippen molar-refractivity contribution in [2.24, 2.45) is 0 Å². The molecular formula is C82H156O17P2. The van der Waals surface area contributed by atoms with Crippen LogP contribution in [0.2, 0.25) is 0 Å². The first kappa shape index (κ1) is 98.5. The molecule has 0 saturated heterocycles. The average molecular weight is 1480 g/mol. The Labute approximate surface area is 618 Å². The van der Waals surface area contributed by atoms with Crippen LogP contribution in [-0.4, -0.2) is 96.7 Å². The summed E-state index contributed by atoms with van der Waals surface area (Å²) in [7, 11) is -9.92. The van der Waals surface area contributed by atoms with Gasteiger partial charge in [-0.25, -0.2) is 9.13 Å². The lowest BCUT2D eigenvalue weighted by Gasteiger charge is -2.21. The monoisotopic (exact) mass is 1480 g/mol. The van der Waals surface area contributed by atoms with Crippen molar-refractivity contribution < 1.29 is 80.2 Å². The normalized spacial score (nSPS) is 13.9. The van der Waals surface area contributed by atoms with Crippen molar-refractivity contribution in [2.45, 2.75) is 438 Å². The van der Waals surface area contributed by atoms with E-state index in [0.717, 1.165) is 109 Å². The molecule has 101 heavy (non-hydrogen) atoms. The molecule has 5 atom stereocenters. The maximum atomic E-state index is 13.1. The molecular weight excluding hydrogens is 1320 g/mol. The first-order valence-corrected chi connectivity index (χ1v) is 45.1. The first-order valence-electron chi connectivity index (χ1n) is 42.1. The third kappa shape index (κ3) is 75.6. The minimum Gasteiger partial charge on any atom is -0.462 e. The van der Waals surface area contributed by atoms with Gasteiger partial charge in [-0.2, -0.15) is 0 Å². The summed E-state index contributed by atoms with van der Waals surface area (Å²) in [5.41, 5.74) is 0. The molecule has 0 radical (unpaired) electrons. The van der Waals surface area contributed by atoms with Gasteiger partial charge < -0.3 is 33.8 Å². The van der Waals surface area contributed by atoms with Crippen LogP contribution >= 0.6 is 15.6 Å². The van der Waals surface area contributed by atoms with E-state index >= 15 is 0 Å². The Balaban J connectivity index is 5.14. The molecule has 0 bridgehead atoms. The van der Waals surface area contributed by atoms with Crippen LogP contribution in [0.15, 0.2) is 24.3 Å². The number of aliphatic hydroxyl groups excluding tert-OH is 1. The van der Waals surface area contributed by atoms with E-state index in [9.17, 15) is 43.2 Å². The minimum atomic E-state index is -4.96. The number of esters is 4. The predicted octanol–water partition coefficient (Wildman–Crippen LogP) is 24.5. The molecule has 0 amide bonds. The van der Waals surface area contributed by atoms with Gasteiger partial charge in [-0.1, -0.05) is 367 Å². The lowest BCUT2D eigenvalue weighted by Crippen LogP contribution is -2.30. The Hall–Kier alpha value is -2.46. The van der Waals surface area contributed by atoms with Crippen molar-refractivity contribution in [1.29, 1.82) is 0 Å². The van der Waals surface area contributed by atoms with Crippen molar-refractivity contribution in [3.8, 4) is 0 Å². The maximum Gasteiger partial charge on any atom is 0.472 e. The van der Waals surface area contributed by atoms with E-state index in [0.29, 0.717) is 25.7 Å². The van der Waals surface area contributed by atoms with Crippen molar-refractivity contribution in [3.63, 3.8) is 0 Å². The number of ether oxygens (including phenoxy) is 4. The summed E-state index contributed by atoms with van der Waals surface area (Å²) < 4.78 is 68.4. The van der Waals surface area contributed by atoms with E-state index in [1.165, 1.54) is 231 Å². The second-order valence-corrected chi connectivity index (χ2v) is 31.7. The average Bonchev–Trinajstić information content (AvgIpc) is 1.01. The summed E-state index contributed by atoms with van der Waals surface area (Å²) >= 11 is 0. The number of hydrogen-bond acceptors (Lipinski definition) is 15. The highest BCUT2D eigenvalue weighted by Crippen LogP contribution is 2.45. The molecule has 0 aliphatic rings. The van der Waals surface area contributed by atoms with E-state index in [-0.39, 0.29) is 25.7 Å². The van der Waals surface area contributed by atoms with Crippen LogP contribution < -0.4 is 0 Å². The van der Waals surface area contributed by atoms with Gasteiger partial charge in [-0.05, 0) is 51.4 Å². The SMILES string of the molecule is CCCCCC/C=C\C=C/CCCCCCCC(=O)O[C@H](COC(=O)CCCCCCC)COP(=O)(O)OC[C@H](O)COP(=O)(O)OC[C@@H](COC(=O)CCCCCCCCCCCCCCCCCCCCCC)OC(=O)CCCCCCCCCCCCCCCCCCCCCCC. The molecule has 0 saturated carbocycles. The molecule has 0 spiro atoms. The molecule has 2 unspecified atom stereocenters. The number of carbonyl (C=O) groups is 4. The number of hydrogen-bond donors (Lipinski definition) is 3. The Bertz CT molecular complexity index is 2010. The Morgan fingerprint density at radius 3 is 0.723 bits per heavy atom. The van der Waals surface area contributed by atoms with Gasteiger partial charge in [0, 0.05) is 25.7 Å². The zero-order valence-corrected chi connectivity index (χ0v) is 67.2. The van der Waals surface area contributed by atoms with Gasteiger partial charge >= 0.3 is 39.5 Å². The van der Waals surface area contributed by atoms with Crippen LogP contribution in [0.1, 0.15) is 419 Å². The van der Waals surface area contributed by atoms with Gasteiger partial charge in [-0.3, -0.25) is 37.3 Å². The highest BCUT2D eigenvalue weighted by Gasteiger charge is 2.30. The fourth-order valence-corrected chi connectivity index (χ4v) is 13.9. The largest absolute Gasteiger partial charge is 0.472 e. The van der Waals surface area contributed by atoms with Crippen molar-refractivity contribution in [3.05, 3.63) is 24.3 Å². The molecule has 0 aliphatic carbocycles. The van der Waals surface area contributed by atoms with Crippen LogP contribution in [0.5, 0.6) is 0 Å². The summed E-state index contributed by atoms with van der Waals surface area (Å²) in [6, 6.07) is 0. The summed E-state index contributed by atoms with van der Waals surface area (Å²) in [5.74, 6) is -2.15. The second kappa shape index (κ2) is 75.8. The van der Waals surface area contributed by atoms with Crippen LogP contribution in [0.4, 0.5) is 0 Å². The topological polar surface area (TPSA) is 237 Å². The van der Waals surface area contributed by atoms with E-state index in [1.807, 2.05) is 0 Å².